The van der Waals surface area contributed by atoms with Gasteiger partial charge in [-0.05, 0) is 31.2 Å². The number of nitrogens with zero attached hydrogens (tertiary/aromatic N) is 2. The first-order valence-corrected chi connectivity index (χ1v) is 10.3. The number of anilines is 1. The third-order valence-electron chi connectivity index (χ3n) is 5.18. The van der Waals surface area contributed by atoms with Crippen LogP contribution in [0.3, 0.4) is 0 Å². The van der Waals surface area contributed by atoms with Gasteiger partial charge in [0.1, 0.15) is 23.0 Å². The molecule has 0 aliphatic rings. The minimum Gasteiger partial charge on any atom is -0.496 e. The lowest BCUT2D eigenvalue weighted by Gasteiger charge is -2.14. The fourth-order valence-electron chi connectivity index (χ4n) is 3.57. The summed E-state index contributed by atoms with van der Waals surface area (Å²) in [6.45, 7) is 1.93. The molecule has 0 unspecified atom stereocenters. The number of amides is 1. The lowest BCUT2D eigenvalue weighted by Crippen LogP contribution is -2.11. The predicted molar refractivity (Wildman–Crippen MR) is 124 cm³/mol. The van der Waals surface area contributed by atoms with Gasteiger partial charge in [0.15, 0.2) is 11.6 Å². The van der Waals surface area contributed by atoms with Crippen LogP contribution in [0.5, 0.6) is 17.2 Å². The van der Waals surface area contributed by atoms with Gasteiger partial charge in [-0.3, -0.25) is 4.79 Å². The van der Waals surface area contributed by atoms with Gasteiger partial charge >= 0.3 is 0 Å². The number of rotatable bonds is 8. The first-order chi connectivity index (χ1) is 16.0. The number of hydrogen-bond acceptors (Lipinski definition) is 6. The number of nitrogens with one attached hydrogen (secondary N) is 1. The van der Waals surface area contributed by atoms with Crippen LogP contribution in [0.2, 0.25) is 0 Å². The Morgan fingerprint density at radius 3 is 2.30 bits per heavy atom. The quantitative estimate of drug-likeness (QED) is 0.423. The topological polar surface area (TPSA) is 87.8 Å². The fraction of sp³-hybridized carbons (Fsp3) is 0.200. The number of benzene rings is 2. The van der Waals surface area contributed by atoms with E-state index in [1.54, 1.807) is 50.3 Å². The molecule has 2 heterocycles. The van der Waals surface area contributed by atoms with Gasteiger partial charge in [0, 0.05) is 35.9 Å². The normalized spacial score (nSPS) is 10.7. The van der Waals surface area contributed by atoms with E-state index in [2.05, 4.69) is 10.4 Å². The summed E-state index contributed by atoms with van der Waals surface area (Å²) in [4.78, 5) is 12.7. The number of ether oxygens (including phenoxy) is 3. The van der Waals surface area contributed by atoms with Crippen molar-refractivity contribution in [1.29, 1.82) is 0 Å². The third-order valence-corrected chi connectivity index (χ3v) is 5.18. The molecule has 8 nitrogen and oxygen atoms in total. The average Bonchev–Trinajstić information content (AvgIpc) is 3.46. The van der Waals surface area contributed by atoms with Crippen molar-refractivity contribution in [1.82, 2.24) is 9.78 Å². The van der Waals surface area contributed by atoms with Crippen molar-refractivity contribution >= 4 is 11.7 Å². The highest BCUT2D eigenvalue weighted by Gasteiger charge is 2.18. The maximum absolute atomic E-state index is 12.7. The summed E-state index contributed by atoms with van der Waals surface area (Å²) in [5.41, 5.74) is 2.60. The van der Waals surface area contributed by atoms with Crippen LogP contribution >= 0.6 is 0 Å². The van der Waals surface area contributed by atoms with E-state index in [1.165, 1.54) is 0 Å². The Kier molecular flexibility index (Phi) is 6.35. The second-order valence-corrected chi connectivity index (χ2v) is 7.33. The summed E-state index contributed by atoms with van der Waals surface area (Å²) in [6.07, 6.45) is 0.380. The van der Waals surface area contributed by atoms with Crippen LogP contribution in [0, 0.1) is 6.92 Å². The number of para-hydroxylation sites is 1. The molecule has 1 N–H and O–H groups in total. The van der Waals surface area contributed by atoms with Crippen LogP contribution in [0.15, 0.2) is 65.1 Å². The summed E-state index contributed by atoms with van der Waals surface area (Å²) in [6, 6.07) is 18.5. The Morgan fingerprint density at radius 2 is 1.67 bits per heavy atom. The smallest absolute Gasteiger partial charge is 0.292 e. The van der Waals surface area contributed by atoms with Gasteiger partial charge in [0.2, 0.25) is 0 Å². The second kappa shape index (κ2) is 9.52. The Bertz CT molecular complexity index is 1240. The van der Waals surface area contributed by atoms with Crippen LogP contribution < -0.4 is 19.5 Å². The zero-order chi connectivity index (χ0) is 23.4. The summed E-state index contributed by atoms with van der Waals surface area (Å²) in [7, 11) is 4.74. The van der Waals surface area contributed by atoms with Gasteiger partial charge in [-0.25, -0.2) is 4.68 Å². The van der Waals surface area contributed by atoms with Crippen LogP contribution in [0.1, 0.15) is 27.6 Å². The number of furan rings is 1. The molecule has 0 aliphatic carbocycles. The monoisotopic (exact) mass is 447 g/mol. The van der Waals surface area contributed by atoms with Crippen molar-refractivity contribution in [3.05, 3.63) is 83.4 Å². The number of carbonyl (C=O) groups excluding carboxylic acids is 1. The summed E-state index contributed by atoms with van der Waals surface area (Å²) < 4.78 is 23.9. The molecule has 1 amide bonds. The number of hydrogen-bond donors (Lipinski definition) is 1. The van der Waals surface area contributed by atoms with Crippen LogP contribution in [0.25, 0.3) is 5.69 Å². The highest BCUT2D eigenvalue weighted by Crippen LogP contribution is 2.36. The molecule has 2 aromatic heterocycles. The van der Waals surface area contributed by atoms with E-state index in [4.69, 9.17) is 18.6 Å². The van der Waals surface area contributed by atoms with E-state index in [1.807, 2.05) is 43.3 Å². The lowest BCUT2D eigenvalue weighted by molar-refractivity contribution is 0.0994. The summed E-state index contributed by atoms with van der Waals surface area (Å²) >= 11 is 0. The van der Waals surface area contributed by atoms with E-state index < -0.39 is 0 Å². The molecule has 0 spiro atoms. The molecular formula is C25H25N3O5. The van der Waals surface area contributed by atoms with Crippen molar-refractivity contribution in [2.45, 2.75) is 13.3 Å². The van der Waals surface area contributed by atoms with E-state index in [9.17, 15) is 4.79 Å². The maximum atomic E-state index is 12.7. The van der Waals surface area contributed by atoms with Crippen LogP contribution in [-0.2, 0) is 6.42 Å². The zero-order valence-electron chi connectivity index (χ0n) is 18.9. The second-order valence-electron chi connectivity index (χ2n) is 7.33. The van der Waals surface area contributed by atoms with E-state index in [0.717, 1.165) is 16.9 Å². The molecule has 170 valence electrons. The molecule has 0 fully saturated rings. The molecule has 0 aliphatic heterocycles. The van der Waals surface area contributed by atoms with Gasteiger partial charge in [-0.2, -0.15) is 0 Å². The Hall–Kier alpha value is -4.20. The van der Waals surface area contributed by atoms with Gasteiger partial charge in [0.05, 0.1) is 27.0 Å². The molecule has 0 bridgehead atoms. The Labute approximate surface area is 191 Å². The maximum Gasteiger partial charge on any atom is 0.292 e. The Balaban J connectivity index is 1.51. The molecule has 33 heavy (non-hydrogen) atoms. The minimum atomic E-state index is -0.382. The Morgan fingerprint density at radius 1 is 0.970 bits per heavy atom. The molecule has 0 atom stereocenters. The SMILES string of the molecule is COc1cc(OC)c(Cc2ccc(C(=O)Nc3cc(C)n(-c4ccccc4)n3)o2)c(OC)c1. The first kappa shape index (κ1) is 22.0. The van der Waals surface area contributed by atoms with Gasteiger partial charge < -0.3 is 23.9 Å². The molecule has 0 saturated carbocycles. The average molecular weight is 447 g/mol. The highest BCUT2D eigenvalue weighted by molar-refractivity contribution is 6.01. The van der Waals surface area contributed by atoms with Crippen molar-refractivity contribution in [3.63, 3.8) is 0 Å². The molecule has 4 rings (SSSR count). The fourth-order valence-corrected chi connectivity index (χ4v) is 3.57. The molecule has 8 heteroatoms. The van der Waals surface area contributed by atoms with Crippen molar-refractivity contribution in [2.75, 3.05) is 26.6 Å². The van der Waals surface area contributed by atoms with E-state index >= 15 is 0 Å². The van der Waals surface area contributed by atoms with Crippen molar-refractivity contribution in [2.24, 2.45) is 0 Å². The van der Waals surface area contributed by atoms with Crippen LogP contribution in [0.4, 0.5) is 5.82 Å². The molecule has 2 aromatic carbocycles. The van der Waals surface area contributed by atoms with Gasteiger partial charge in [-0.1, -0.05) is 18.2 Å². The summed E-state index contributed by atoms with van der Waals surface area (Å²) in [5.74, 6) is 2.67. The number of aromatic nitrogens is 2. The molecule has 4 aromatic rings. The van der Waals surface area contributed by atoms with Crippen LogP contribution in [-0.4, -0.2) is 37.0 Å². The highest BCUT2D eigenvalue weighted by atomic mass is 16.5. The summed E-state index contributed by atoms with van der Waals surface area (Å²) in [5, 5.41) is 7.28. The zero-order valence-corrected chi connectivity index (χ0v) is 18.9. The lowest BCUT2D eigenvalue weighted by atomic mass is 10.1. The van der Waals surface area contributed by atoms with Crippen molar-refractivity contribution in [3.8, 4) is 22.9 Å². The number of carbonyl (C=O) groups is 1. The molecule has 0 saturated heterocycles. The van der Waals surface area contributed by atoms with Gasteiger partial charge in [-0.15, -0.1) is 5.10 Å². The third kappa shape index (κ3) is 4.69. The largest absolute Gasteiger partial charge is 0.496 e. The van der Waals surface area contributed by atoms with E-state index in [0.29, 0.717) is 35.2 Å². The number of aryl methyl sites for hydroxylation is 1. The predicted octanol–water partition coefficient (Wildman–Crippen LogP) is 4.64. The van der Waals surface area contributed by atoms with Crippen molar-refractivity contribution < 1.29 is 23.4 Å². The van der Waals surface area contributed by atoms with E-state index in [-0.39, 0.29) is 11.7 Å². The molecule has 0 radical (unpaired) electrons. The number of methoxy groups -OCH3 is 3. The standard InChI is InChI=1S/C25H25N3O5/c1-16-12-24(27-28(16)17-8-6-5-7-9-17)26-25(29)21-11-10-18(33-21)13-20-22(31-3)14-19(30-2)15-23(20)32-4/h5-12,14-15H,13H2,1-4H3,(H,26,27,29). The van der Waals surface area contributed by atoms with Gasteiger partial charge in [0.25, 0.3) is 5.91 Å². The minimum absolute atomic E-state index is 0.184. The first-order valence-electron chi connectivity index (χ1n) is 10.3. The molecular weight excluding hydrogens is 422 g/mol.